The van der Waals surface area contributed by atoms with Gasteiger partial charge >= 0.3 is 0 Å². The van der Waals surface area contributed by atoms with Crippen molar-refractivity contribution in [1.82, 2.24) is 14.8 Å². The molecule has 0 radical (unpaired) electrons. The van der Waals surface area contributed by atoms with Gasteiger partial charge in [0.15, 0.2) is 5.16 Å². The Bertz CT molecular complexity index is 607. The Morgan fingerprint density at radius 3 is 2.67 bits per heavy atom. The zero-order valence-corrected chi connectivity index (χ0v) is 13.3. The molecule has 112 valence electrons. The average Bonchev–Trinajstić information content (AvgIpc) is 2.99. The lowest BCUT2D eigenvalue weighted by molar-refractivity contribution is 0.122. The largest absolute Gasteiger partial charge is 0.378 e. The molecule has 21 heavy (non-hydrogen) atoms. The van der Waals surface area contributed by atoms with Crippen LogP contribution < -0.4 is 4.90 Å². The first-order valence-corrected chi connectivity index (χ1v) is 8.48. The van der Waals surface area contributed by atoms with Gasteiger partial charge in [0, 0.05) is 13.1 Å². The van der Waals surface area contributed by atoms with Crippen molar-refractivity contribution in [2.24, 2.45) is 0 Å². The third-order valence-corrected chi connectivity index (χ3v) is 4.34. The fraction of sp³-hybridized carbons (Fsp3) is 0.467. The molecule has 2 heterocycles. The van der Waals surface area contributed by atoms with Gasteiger partial charge in [-0.15, -0.1) is 10.2 Å². The van der Waals surface area contributed by atoms with Crippen molar-refractivity contribution >= 4 is 17.7 Å². The first-order chi connectivity index (χ1) is 10.3. The molecule has 0 aliphatic carbocycles. The van der Waals surface area contributed by atoms with Crippen LogP contribution in [0.2, 0.25) is 0 Å². The summed E-state index contributed by atoms with van der Waals surface area (Å²) < 4.78 is 7.62. The highest BCUT2D eigenvalue weighted by Crippen LogP contribution is 2.28. The Kier molecular flexibility index (Phi) is 4.45. The summed E-state index contributed by atoms with van der Waals surface area (Å²) in [5.41, 5.74) is 2.48. The van der Waals surface area contributed by atoms with Crippen molar-refractivity contribution in [2.75, 3.05) is 37.5 Å². The van der Waals surface area contributed by atoms with E-state index in [1.54, 1.807) is 11.8 Å². The predicted molar refractivity (Wildman–Crippen MR) is 85.6 cm³/mol. The zero-order valence-electron chi connectivity index (χ0n) is 12.5. The van der Waals surface area contributed by atoms with Gasteiger partial charge in [0.05, 0.1) is 18.9 Å². The molecule has 1 saturated heterocycles. The van der Waals surface area contributed by atoms with Crippen LogP contribution in [0, 0.1) is 0 Å². The van der Waals surface area contributed by atoms with Gasteiger partial charge in [-0.1, -0.05) is 36.9 Å². The second kappa shape index (κ2) is 6.49. The summed E-state index contributed by atoms with van der Waals surface area (Å²) in [6.07, 6.45) is 3.03. The Labute approximate surface area is 129 Å². The molecule has 0 amide bonds. The minimum absolute atomic E-state index is 0.747. The van der Waals surface area contributed by atoms with Crippen molar-refractivity contribution in [3.8, 4) is 5.69 Å². The maximum absolute atomic E-state index is 5.44. The highest BCUT2D eigenvalue weighted by molar-refractivity contribution is 7.98. The average molecular weight is 304 g/mol. The normalized spacial score (nSPS) is 15.4. The number of nitrogens with zero attached hydrogens (tertiary/aromatic N) is 4. The van der Waals surface area contributed by atoms with Crippen LogP contribution in [-0.2, 0) is 11.2 Å². The van der Waals surface area contributed by atoms with E-state index < -0.39 is 0 Å². The molecule has 0 atom stereocenters. The number of thioether (sulfide) groups is 1. The molecule has 2 aromatic rings. The molecule has 0 unspecified atom stereocenters. The molecule has 1 fully saturated rings. The SMILES string of the molecule is CCc1ccccc1-n1c(SC)nnc1N1CCOCC1. The summed E-state index contributed by atoms with van der Waals surface area (Å²) in [6.45, 7) is 5.39. The highest BCUT2D eigenvalue weighted by Gasteiger charge is 2.22. The quantitative estimate of drug-likeness (QED) is 0.812. The van der Waals surface area contributed by atoms with E-state index in [2.05, 4.69) is 50.9 Å². The van der Waals surface area contributed by atoms with Crippen LogP contribution in [0.4, 0.5) is 5.95 Å². The van der Waals surface area contributed by atoms with Gasteiger partial charge in [0.2, 0.25) is 5.95 Å². The standard InChI is InChI=1S/C15H20N4OS/c1-3-12-6-4-5-7-13(12)19-14(16-17-15(19)21-2)18-8-10-20-11-9-18/h4-7H,3,8-11H2,1-2H3. The van der Waals surface area contributed by atoms with Crippen LogP contribution in [0.15, 0.2) is 29.4 Å². The lowest BCUT2D eigenvalue weighted by Crippen LogP contribution is -2.38. The molecular formula is C15H20N4OS. The van der Waals surface area contributed by atoms with E-state index in [1.807, 2.05) is 6.26 Å². The van der Waals surface area contributed by atoms with Crippen LogP contribution in [-0.4, -0.2) is 47.3 Å². The fourth-order valence-corrected chi connectivity index (χ4v) is 3.09. The number of hydrogen-bond donors (Lipinski definition) is 0. The van der Waals surface area contributed by atoms with Gasteiger partial charge in [-0.3, -0.25) is 4.57 Å². The Morgan fingerprint density at radius 1 is 1.19 bits per heavy atom. The second-order valence-electron chi connectivity index (χ2n) is 4.90. The van der Waals surface area contributed by atoms with Crippen LogP contribution in [0.5, 0.6) is 0 Å². The van der Waals surface area contributed by atoms with Crippen LogP contribution >= 0.6 is 11.8 Å². The van der Waals surface area contributed by atoms with Gasteiger partial charge < -0.3 is 9.64 Å². The minimum atomic E-state index is 0.747. The lowest BCUT2D eigenvalue weighted by Gasteiger charge is -2.28. The summed E-state index contributed by atoms with van der Waals surface area (Å²) in [4.78, 5) is 2.25. The van der Waals surface area contributed by atoms with Crippen LogP contribution in [0.3, 0.4) is 0 Å². The van der Waals surface area contributed by atoms with Crippen molar-refractivity contribution < 1.29 is 4.74 Å². The first-order valence-electron chi connectivity index (χ1n) is 7.25. The number of rotatable bonds is 4. The number of anilines is 1. The number of aryl methyl sites for hydroxylation is 1. The van der Waals surface area contributed by atoms with E-state index in [9.17, 15) is 0 Å². The third-order valence-electron chi connectivity index (χ3n) is 3.71. The van der Waals surface area contributed by atoms with Crippen molar-refractivity contribution in [3.63, 3.8) is 0 Å². The monoisotopic (exact) mass is 304 g/mol. The first kappa shape index (κ1) is 14.4. The highest BCUT2D eigenvalue weighted by atomic mass is 32.2. The minimum Gasteiger partial charge on any atom is -0.378 e. The Morgan fingerprint density at radius 2 is 1.95 bits per heavy atom. The maximum atomic E-state index is 5.44. The van der Waals surface area contributed by atoms with Gasteiger partial charge in [0.1, 0.15) is 0 Å². The third kappa shape index (κ3) is 2.78. The predicted octanol–water partition coefficient (Wildman–Crippen LogP) is 2.39. The van der Waals surface area contributed by atoms with Crippen molar-refractivity contribution in [3.05, 3.63) is 29.8 Å². The number of aromatic nitrogens is 3. The number of morpholine rings is 1. The summed E-state index contributed by atoms with van der Waals surface area (Å²) >= 11 is 1.63. The maximum Gasteiger partial charge on any atom is 0.232 e. The summed E-state index contributed by atoms with van der Waals surface area (Å²) in [5, 5.41) is 9.71. The van der Waals surface area contributed by atoms with Gasteiger partial charge in [0.25, 0.3) is 0 Å². The molecular weight excluding hydrogens is 284 g/mol. The molecule has 3 rings (SSSR count). The van der Waals surface area contributed by atoms with Crippen LogP contribution in [0.1, 0.15) is 12.5 Å². The van der Waals surface area contributed by atoms with E-state index in [1.165, 1.54) is 11.3 Å². The molecule has 0 N–H and O–H groups in total. The fourth-order valence-electron chi connectivity index (χ4n) is 2.60. The van der Waals surface area contributed by atoms with Gasteiger partial charge in [-0.05, 0) is 24.3 Å². The molecule has 1 aromatic heterocycles. The van der Waals surface area contributed by atoms with E-state index in [0.717, 1.165) is 43.8 Å². The van der Waals surface area contributed by atoms with Crippen LogP contribution in [0.25, 0.3) is 5.69 Å². The topological polar surface area (TPSA) is 43.2 Å². The lowest BCUT2D eigenvalue weighted by atomic mass is 10.1. The van der Waals surface area contributed by atoms with Gasteiger partial charge in [-0.2, -0.15) is 0 Å². The van der Waals surface area contributed by atoms with Crippen molar-refractivity contribution in [2.45, 2.75) is 18.5 Å². The van der Waals surface area contributed by atoms with E-state index in [0.29, 0.717) is 0 Å². The molecule has 0 spiro atoms. The summed E-state index contributed by atoms with van der Waals surface area (Å²) in [6, 6.07) is 8.47. The molecule has 1 aliphatic rings. The Balaban J connectivity index is 2.09. The van der Waals surface area contributed by atoms with E-state index in [-0.39, 0.29) is 0 Å². The molecule has 1 aliphatic heterocycles. The number of para-hydroxylation sites is 1. The number of hydrogen-bond acceptors (Lipinski definition) is 5. The van der Waals surface area contributed by atoms with Gasteiger partial charge in [-0.25, -0.2) is 0 Å². The van der Waals surface area contributed by atoms with E-state index in [4.69, 9.17) is 4.74 Å². The molecule has 0 saturated carbocycles. The molecule has 6 heteroatoms. The zero-order chi connectivity index (χ0) is 14.7. The molecule has 1 aromatic carbocycles. The summed E-state index contributed by atoms with van der Waals surface area (Å²) in [7, 11) is 0. The smallest absolute Gasteiger partial charge is 0.232 e. The number of ether oxygens (including phenoxy) is 1. The molecule has 5 nitrogen and oxygen atoms in total. The second-order valence-corrected chi connectivity index (χ2v) is 5.68. The van der Waals surface area contributed by atoms with E-state index >= 15 is 0 Å². The number of benzene rings is 1. The summed E-state index contributed by atoms with van der Waals surface area (Å²) in [5.74, 6) is 0.920. The van der Waals surface area contributed by atoms with Crippen molar-refractivity contribution in [1.29, 1.82) is 0 Å². The molecule has 0 bridgehead atoms. The Hall–Kier alpha value is -1.53.